The Kier molecular flexibility index (Phi) is 14.1. The molecule has 0 unspecified atom stereocenters. The highest BCUT2D eigenvalue weighted by atomic mass is 16.8. The zero-order valence-corrected chi connectivity index (χ0v) is 34.3. The Morgan fingerprint density at radius 3 is 2.17 bits per heavy atom. The molecule has 4 heterocycles. The zero-order valence-electron chi connectivity index (χ0n) is 34.3. The second kappa shape index (κ2) is 17.1. The Labute approximate surface area is 319 Å². The van der Waals surface area contributed by atoms with Crippen molar-refractivity contribution in [3.63, 3.8) is 0 Å². The van der Waals surface area contributed by atoms with Crippen molar-refractivity contribution in [2.24, 2.45) is 17.8 Å². The monoisotopic (exact) mass is 774 g/mol. The van der Waals surface area contributed by atoms with E-state index in [1.54, 1.807) is 62.3 Å². The van der Waals surface area contributed by atoms with Crippen LogP contribution in [0.4, 0.5) is 4.79 Å². The molecule has 0 saturated carbocycles. The van der Waals surface area contributed by atoms with E-state index in [2.05, 4.69) is 5.32 Å². The lowest BCUT2D eigenvalue weighted by molar-refractivity contribution is -0.317. The summed E-state index contributed by atoms with van der Waals surface area (Å²) >= 11 is 0. The molecule has 16 nitrogen and oxygen atoms in total. The highest BCUT2D eigenvalue weighted by molar-refractivity contribution is 5.80. The molecule has 54 heavy (non-hydrogen) atoms. The number of aliphatic hydroxyl groups is 3. The molecule has 312 valence electrons. The maximum Gasteiger partial charge on any atom is 0.509 e. The van der Waals surface area contributed by atoms with E-state index in [1.165, 1.54) is 7.11 Å². The Morgan fingerprint density at radius 2 is 1.57 bits per heavy atom. The molecule has 4 N–H and O–H groups in total. The van der Waals surface area contributed by atoms with Gasteiger partial charge in [0.15, 0.2) is 24.3 Å². The summed E-state index contributed by atoms with van der Waals surface area (Å²) in [6.45, 7) is 16.9. The predicted molar refractivity (Wildman–Crippen MR) is 193 cm³/mol. The lowest BCUT2D eigenvalue weighted by Crippen LogP contribution is -2.61. The fraction of sp³-hybridized carbons (Fsp3) is 0.921. The second-order valence-electron chi connectivity index (χ2n) is 17.0. The molecule has 4 aliphatic heterocycles. The van der Waals surface area contributed by atoms with Gasteiger partial charge in [0.25, 0.3) is 0 Å². The summed E-state index contributed by atoms with van der Waals surface area (Å²) in [7, 11) is 5.20. The number of carbonyl (C=O) groups excluding carboxylic acids is 3. The molecule has 1 amide bonds. The Balaban J connectivity index is 1.83. The molecule has 4 fully saturated rings. The van der Waals surface area contributed by atoms with Crippen LogP contribution >= 0.6 is 0 Å². The quantitative estimate of drug-likeness (QED) is 0.275. The van der Waals surface area contributed by atoms with Gasteiger partial charge in [0, 0.05) is 31.5 Å². The van der Waals surface area contributed by atoms with E-state index in [0.29, 0.717) is 6.42 Å². The number of ether oxygens (including phenoxy) is 8. The SMILES string of the molecule is CC[C@@H]1OC(=O)[C@H](C)[C@@H](O[C@H]2C[C@@](C)(OC)[C@@H](O)[C@H](C)O2)[C@H](C)[C@@H](O[C@@H]2O[C@H](C)C[C@H](N(C)C)[C@H]2O)[C@](C)(O)C[C@@H](C)NC(=O)[C@@H](C)[C@H]2OC(=O)O[C@]12C. The second-order valence-corrected chi connectivity index (χ2v) is 17.0. The predicted octanol–water partition coefficient (Wildman–Crippen LogP) is 2.27. The van der Waals surface area contributed by atoms with E-state index >= 15 is 0 Å². The first-order valence-corrected chi connectivity index (χ1v) is 19.3. The van der Waals surface area contributed by atoms with Crippen molar-refractivity contribution >= 4 is 18.0 Å². The van der Waals surface area contributed by atoms with Crippen LogP contribution in [0.5, 0.6) is 0 Å². The van der Waals surface area contributed by atoms with E-state index in [1.807, 2.05) is 25.9 Å². The number of rotatable bonds is 7. The minimum Gasteiger partial charge on any atom is -0.458 e. The minimum atomic E-state index is -1.74. The average molecular weight is 775 g/mol. The van der Waals surface area contributed by atoms with Gasteiger partial charge in [-0.05, 0) is 88.7 Å². The third-order valence-electron chi connectivity index (χ3n) is 12.1. The van der Waals surface area contributed by atoms with Crippen LogP contribution in [0.15, 0.2) is 0 Å². The van der Waals surface area contributed by atoms with E-state index in [9.17, 15) is 29.7 Å². The number of amides is 1. The lowest BCUT2D eigenvalue weighted by atomic mass is 9.78. The van der Waals surface area contributed by atoms with E-state index in [-0.39, 0.29) is 31.4 Å². The van der Waals surface area contributed by atoms with Crippen LogP contribution in [0.2, 0.25) is 0 Å². The molecule has 16 heteroatoms. The molecule has 0 spiro atoms. The highest BCUT2D eigenvalue weighted by Crippen LogP contribution is 2.41. The van der Waals surface area contributed by atoms with Crippen LogP contribution in [0.3, 0.4) is 0 Å². The number of cyclic esters (lactones) is 1. The molecule has 0 aromatic carbocycles. The number of esters is 1. The molecule has 0 aliphatic carbocycles. The van der Waals surface area contributed by atoms with E-state index < -0.39 is 114 Å². The van der Waals surface area contributed by atoms with Crippen molar-refractivity contribution in [3.8, 4) is 0 Å². The molecular formula is C38H66N2O14. The van der Waals surface area contributed by atoms with Crippen LogP contribution in [0.1, 0.15) is 94.9 Å². The number of hydrogen-bond acceptors (Lipinski definition) is 15. The topological polar surface area (TPSA) is 201 Å². The van der Waals surface area contributed by atoms with Gasteiger partial charge in [-0.1, -0.05) is 13.8 Å². The van der Waals surface area contributed by atoms with Crippen molar-refractivity contribution in [2.45, 2.75) is 185 Å². The fourth-order valence-electron chi connectivity index (χ4n) is 8.89. The minimum absolute atomic E-state index is 0.0395. The van der Waals surface area contributed by atoms with Gasteiger partial charge in [-0.25, -0.2) is 4.79 Å². The number of methoxy groups -OCH3 is 1. The fourth-order valence-corrected chi connectivity index (χ4v) is 8.89. The Morgan fingerprint density at radius 1 is 0.926 bits per heavy atom. The van der Waals surface area contributed by atoms with Crippen LogP contribution in [0, 0.1) is 17.8 Å². The molecule has 0 radical (unpaired) electrons. The summed E-state index contributed by atoms with van der Waals surface area (Å²) in [4.78, 5) is 42.6. The first-order chi connectivity index (χ1) is 25.0. The molecule has 0 bridgehead atoms. The molecular weight excluding hydrogens is 708 g/mol. The maximum absolute atomic E-state index is 14.4. The van der Waals surface area contributed by atoms with Gasteiger partial charge < -0.3 is 63.4 Å². The Bertz CT molecular complexity index is 1320. The molecule has 4 rings (SSSR count). The summed E-state index contributed by atoms with van der Waals surface area (Å²) in [5.74, 6) is -4.01. The summed E-state index contributed by atoms with van der Waals surface area (Å²) in [5, 5.41) is 37.9. The number of fused-ring (bicyclic) bond motifs is 1. The number of nitrogens with zero attached hydrogens (tertiary/aromatic N) is 1. The Hall–Kier alpha value is -2.15. The molecule has 0 aromatic rings. The summed E-state index contributed by atoms with van der Waals surface area (Å²) < 4.78 is 48.7. The van der Waals surface area contributed by atoms with E-state index in [0.717, 1.165) is 0 Å². The van der Waals surface area contributed by atoms with Gasteiger partial charge in [0.05, 0.1) is 47.5 Å². The van der Waals surface area contributed by atoms with Crippen LogP contribution in [-0.4, -0.2) is 150 Å². The molecule has 4 aliphatic rings. The van der Waals surface area contributed by atoms with Gasteiger partial charge in [0.2, 0.25) is 5.91 Å². The molecule has 0 aromatic heterocycles. The van der Waals surface area contributed by atoms with Gasteiger partial charge in [-0.3, -0.25) is 9.59 Å². The normalized spacial score (nSPS) is 48.5. The van der Waals surface area contributed by atoms with Gasteiger partial charge >= 0.3 is 12.1 Å². The third-order valence-corrected chi connectivity index (χ3v) is 12.1. The van der Waals surface area contributed by atoms with Crippen molar-refractivity contribution in [2.75, 3.05) is 21.2 Å². The van der Waals surface area contributed by atoms with Crippen LogP contribution in [-0.2, 0) is 47.5 Å². The number of carbonyl (C=O) groups is 3. The first kappa shape index (κ1) is 44.6. The summed E-state index contributed by atoms with van der Waals surface area (Å²) in [6, 6.07) is -0.961. The summed E-state index contributed by atoms with van der Waals surface area (Å²) in [6.07, 6.45) is -9.80. The largest absolute Gasteiger partial charge is 0.509 e. The number of nitrogens with one attached hydrogen (secondary N) is 1. The maximum atomic E-state index is 14.4. The van der Waals surface area contributed by atoms with Gasteiger partial charge in [0.1, 0.15) is 18.3 Å². The standard InChI is InChI=1S/C38H66N2O14/c1-14-25-38(10)31(53-35(45)54-38)22(6)32(43)39-18(2)16-36(8,46)30(52-34-27(41)24(40(11)12)15-19(3)48-34)20(4)28(21(5)33(44)50-25)51-26-17-37(9,47-13)29(42)23(7)49-26/h18-31,34,41-42,46H,14-17H2,1-13H3,(H,39,43)/t18-,19-,20+,21-,22+,23+,24+,25+,26+,27-,28+,29+,30-,31-,34+,36-,37-,38-/m1/s1. The van der Waals surface area contributed by atoms with E-state index in [4.69, 9.17) is 37.9 Å². The summed E-state index contributed by atoms with van der Waals surface area (Å²) in [5.41, 5.74) is -4.31. The van der Waals surface area contributed by atoms with Crippen molar-refractivity contribution < 1.29 is 67.6 Å². The lowest BCUT2D eigenvalue weighted by Gasteiger charge is -2.48. The first-order valence-electron chi connectivity index (χ1n) is 19.3. The van der Waals surface area contributed by atoms with Crippen molar-refractivity contribution in [1.29, 1.82) is 0 Å². The average Bonchev–Trinajstić information content (AvgIpc) is 3.40. The third kappa shape index (κ3) is 9.18. The smallest absolute Gasteiger partial charge is 0.458 e. The van der Waals surface area contributed by atoms with Crippen molar-refractivity contribution in [1.82, 2.24) is 10.2 Å². The van der Waals surface area contributed by atoms with Gasteiger partial charge in [-0.2, -0.15) is 0 Å². The van der Waals surface area contributed by atoms with Crippen molar-refractivity contribution in [3.05, 3.63) is 0 Å². The number of likely N-dealkylation sites (N-methyl/N-ethyl adjacent to an activating group) is 1. The van der Waals surface area contributed by atoms with Crippen LogP contribution < -0.4 is 5.32 Å². The number of aliphatic hydroxyl groups excluding tert-OH is 2. The van der Waals surface area contributed by atoms with Crippen LogP contribution in [0.25, 0.3) is 0 Å². The molecule has 18 atom stereocenters. The molecule has 4 saturated heterocycles. The van der Waals surface area contributed by atoms with Gasteiger partial charge in [-0.15, -0.1) is 0 Å². The zero-order chi connectivity index (χ0) is 40.7. The number of hydrogen-bond donors (Lipinski definition) is 4. The highest BCUT2D eigenvalue weighted by Gasteiger charge is 2.59.